The van der Waals surface area contributed by atoms with Crippen molar-refractivity contribution in [3.8, 4) is 17.0 Å². The Hall–Kier alpha value is -3.34. The van der Waals surface area contributed by atoms with Gasteiger partial charge in [-0.25, -0.2) is 9.97 Å². The van der Waals surface area contributed by atoms with Crippen LogP contribution < -0.4 is 5.32 Å². The van der Waals surface area contributed by atoms with Gasteiger partial charge in [0.25, 0.3) is 0 Å². The first-order valence-electron chi connectivity index (χ1n) is 7.26. The first-order valence-corrected chi connectivity index (χ1v) is 7.26. The first-order chi connectivity index (χ1) is 11.3. The summed E-state index contributed by atoms with van der Waals surface area (Å²) >= 11 is 0. The number of nitrogens with zero attached hydrogens (tertiary/aromatic N) is 3. The minimum absolute atomic E-state index is 0.230. The molecule has 0 amide bonds. The average Bonchev–Trinajstić information content (AvgIpc) is 2.95. The van der Waals surface area contributed by atoms with Gasteiger partial charge < -0.3 is 10.4 Å². The molecule has 0 unspecified atom stereocenters. The highest BCUT2D eigenvalue weighted by Crippen LogP contribution is 2.31. The molecular weight excluding hydrogens is 288 g/mol. The van der Waals surface area contributed by atoms with Crippen LogP contribution in [0.3, 0.4) is 0 Å². The van der Waals surface area contributed by atoms with Crippen molar-refractivity contribution in [1.82, 2.24) is 14.4 Å². The van der Waals surface area contributed by atoms with Crippen molar-refractivity contribution in [3.05, 3.63) is 73.1 Å². The third-order valence-corrected chi connectivity index (χ3v) is 3.58. The van der Waals surface area contributed by atoms with Crippen molar-refractivity contribution >= 4 is 17.3 Å². The number of para-hydroxylation sites is 1. The van der Waals surface area contributed by atoms with Crippen LogP contribution in [-0.2, 0) is 0 Å². The molecular formula is C18H14N4O. The molecule has 4 rings (SSSR count). The highest BCUT2D eigenvalue weighted by molar-refractivity contribution is 5.79. The zero-order chi connectivity index (χ0) is 15.6. The van der Waals surface area contributed by atoms with Crippen LogP contribution in [0.4, 0.5) is 11.5 Å². The average molecular weight is 302 g/mol. The minimum Gasteiger partial charge on any atom is -0.508 e. The molecule has 2 aromatic carbocycles. The number of rotatable bonds is 3. The lowest BCUT2D eigenvalue weighted by Crippen LogP contribution is -1.97. The predicted molar refractivity (Wildman–Crippen MR) is 89.8 cm³/mol. The van der Waals surface area contributed by atoms with Gasteiger partial charge in [0.2, 0.25) is 5.78 Å². The van der Waals surface area contributed by atoms with Crippen LogP contribution in [0.15, 0.2) is 73.1 Å². The third-order valence-electron chi connectivity index (χ3n) is 3.58. The second kappa shape index (κ2) is 5.46. The second-order valence-electron chi connectivity index (χ2n) is 5.14. The number of benzene rings is 2. The van der Waals surface area contributed by atoms with Crippen molar-refractivity contribution in [1.29, 1.82) is 0 Å². The minimum atomic E-state index is 0.230. The molecule has 4 aromatic rings. The SMILES string of the molecule is Oc1ccc(-c2nc3ncccn3c2Nc2ccccc2)cc1. The molecule has 2 heterocycles. The number of hydrogen-bond acceptors (Lipinski definition) is 4. The van der Waals surface area contributed by atoms with Crippen LogP contribution in [0.5, 0.6) is 5.75 Å². The van der Waals surface area contributed by atoms with Gasteiger partial charge in [0.1, 0.15) is 17.3 Å². The summed E-state index contributed by atoms with van der Waals surface area (Å²) in [6, 6.07) is 18.8. The van der Waals surface area contributed by atoms with E-state index in [-0.39, 0.29) is 5.75 Å². The number of imidazole rings is 1. The van der Waals surface area contributed by atoms with Gasteiger partial charge in [-0.15, -0.1) is 0 Å². The van der Waals surface area contributed by atoms with Gasteiger partial charge in [-0.2, -0.15) is 0 Å². The maximum Gasteiger partial charge on any atom is 0.235 e. The third kappa shape index (κ3) is 2.48. The second-order valence-corrected chi connectivity index (χ2v) is 5.14. The molecule has 0 spiro atoms. The van der Waals surface area contributed by atoms with Crippen molar-refractivity contribution in [2.75, 3.05) is 5.32 Å². The summed E-state index contributed by atoms with van der Waals surface area (Å²) in [6.07, 6.45) is 3.64. The molecule has 0 aliphatic rings. The lowest BCUT2D eigenvalue weighted by Gasteiger charge is -2.08. The molecule has 5 nitrogen and oxygen atoms in total. The molecule has 0 saturated carbocycles. The summed E-state index contributed by atoms with van der Waals surface area (Å²) in [4.78, 5) is 8.93. The number of aromatic nitrogens is 3. The molecule has 0 aliphatic heterocycles. The quantitative estimate of drug-likeness (QED) is 0.603. The van der Waals surface area contributed by atoms with E-state index in [1.807, 2.05) is 59.1 Å². The monoisotopic (exact) mass is 302 g/mol. The number of nitrogens with one attached hydrogen (secondary N) is 1. The van der Waals surface area contributed by atoms with E-state index in [4.69, 9.17) is 0 Å². The van der Waals surface area contributed by atoms with E-state index in [9.17, 15) is 5.11 Å². The van der Waals surface area contributed by atoms with Crippen LogP contribution in [0.2, 0.25) is 0 Å². The zero-order valence-corrected chi connectivity index (χ0v) is 12.2. The number of anilines is 2. The first kappa shape index (κ1) is 13.3. The zero-order valence-electron chi connectivity index (χ0n) is 12.2. The lowest BCUT2D eigenvalue weighted by molar-refractivity contribution is 0.475. The molecule has 0 radical (unpaired) electrons. The number of phenolic OH excluding ortho intramolecular Hbond substituents is 1. The Balaban J connectivity index is 1.89. The summed E-state index contributed by atoms with van der Waals surface area (Å²) in [5, 5.41) is 12.9. The van der Waals surface area contributed by atoms with E-state index >= 15 is 0 Å². The highest BCUT2D eigenvalue weighted by atomic mass is 16.3. The van der Waals surface area contributed by atoms with Crippen LogP contribution in [0.25, 0.3) is 17.0 Å². The van der Waals surface area contributed by atoms with E-state index in [0.717, 1.165) is 22.8 Å². The van der Waals surface area contributed by atoms with Crippen molar-refractivity contribution in [2.45, 2.75) is 0 Å². The van der Waals surface area contributed by atoms with E-state index in [1.165, 1.54) is 0 Å². The molecule has 0 aliphatic carbocycles. The molecule has 0 saturated heterocycles. The number of aromatic hydroxyl groups is 1. The molecule has 23 heavy (non-hydrogen) atoms. The predicted octanol–water partition coefficient (Wildman–Crippen LogP) is 3.85. The topological polar surface area (TPSA) is 62.5 Å². The van der Waals surface area contributed by atoms with Crippen molar-refractivity contribution < 1.29 is 5.11 Å². The molecule has 0 bridgehead atoms. The number of phenols is 1. The molecule has 2 aromatic heterocycles. The fraction of sp³-hybridized carbons (Fsp3) is 0. The summed E-state index contributed by atoms with van der Waals surface area (Å²) in [6.45, 7) is 0. The van der Waals surface area contributed by atoms with Crippen molar-refractivity contribution in [2.24, 2.45) is 0 Å². The van der Waals surface area contributed by atoms with Gasteiger partial charge in [0.05, 0.1) is 0 Å². The normalized spacial score (nSPS) is 10.8. The largest absolute Gasteiger partial charge is 0.508 e. The van der Waals surface area contributed by atoms with Crippen LogP contribution in [-0.4, -0.2) is 19.5 Å². The van der Waals surface area contributed by atoms with Gasteiger partial charge in [0.15, 0.2) is 0 Å². The van der Waals surface area contributed by atoms with Gasteiger partial charge in [-0.3, -0.25) is 4.40 Å². The van der Waals surface area contributed by atoms with Gasteiger partial charge >= 0.3 is 0 Å². The molecule has 112 valence electrons. The molecule has 0 fully saturated rings. The van der Waals surface area contributed by atoms with Crippen LogP contribution in [0.1, 0.15) is 0 Å². The highest BCUT2D eigenvalue weighted by Gasteiger charge is 2.14. The number of fused-ring (bicyclic) bond motifs is 1. The molecule has 5 heteroatoms. The van der Waals surface area contributed by atoms with Gasteiger partial charge in [-0.05, 0) is 42.5 Å². The van der Waals surface area contributed by atoms with E-state index in [1.54, 1.807) is 18.3 Å². The van der Waals surface area contributed by atoms with Crippen LogP contribution in [0, 0.1) is 0 Å². The van der Waals surface area contributed by atoms with E-state index < -0.39 is 0 Å². The van der Waals surface area contributed by atoms with E-state index in [0.29, 0.717) is 5.78 Å². The fourth-order valence-corrected chi connectivity index (χ4v) is 2.49. The van der Waals surface area contributed by atoms with E-state index in [2.05, 4.69) is 15.3 Å². The van der Waals surface area contributed by atoms with Gasteiger partial charge in [-0.1, -0.05) is 18.2 Å². The smallest absolute Gasteiger partial charge is 0.235 e. The Kier molecular flexibility index (Phi) is 3.16. The van der Waals surface area contributed by atoms with Crippen LogP contribution >= 0.6 is 0 Å². The summed E-state index contributed by atoms with van der Waals surface area (Å²) in [5.74, 6) is 1.69. The maximum absolute atomic E-state index is 9.49. The Morgan fingerprint density at radius 2 is 1.70 bits per heavy atom. The standard InChI is InChI=1S/C18H14N4O/c23-15-9-7-13(8-10-15)16-17(20-14-5-2-1-3-6-14)22-12-4-11-19-18(22)21-16/h1-12,20,23H. The van der Waals surface area contributed by atoms with Gasteiger partial charge in [0, 0.05) is 23.6 Å². The molecule has 2 N–H and O–H groups in total. The summed E-state index contributed by atoms with van der Waals surface area (Å²) < 4.78 is 1.91. The lowest BCUT2D eigenvalue weighted by atomic mass is 10.1. The Bertz CT molecular complexity index is 946. The Morgan fingerprint density at radius 1 is 0.913 bits per heavy atom. The Labute approximate surface area is 132 Å². The summed E-state index contributed by atoms with van der Waals surface area (Å²) in [5.41, 5.74) is 2.66. The number of hydrogen-bond donors (Lipinski definition) is 2. The summed E-state index contributed by atoms with van der Waals surface area (Å²) in [7, 11) is 0. The van der Waals surface area contributed by atoms with Crippen molar-refractivity contribution in [3.63, 3.8) is 0 Å². The Morgan fingerprint density at radius 3 is 2.48 bits per heavy atom. The maximum atomic E-state index is 9.49. The molecule has 0 atom stereocenters. The fourth-order valence-electron chi connectivity index (χ4n) is 2.49.